The Bertz CT molecular complexity index is 302. The van der Waals surface area contributed by atoms with Gasteiger partial charge in [-0.05, 0) is 34.2 Å². The number of methoxy groups -OCH3 is 2. The van der Waals surface area contributed by atoms with Crippen LogP contribution in [-0.2, 0) is 5.88 Å². The molecule has 0 aliphatic heterocycles. The molecule has 0 amide bonds. The molecule has 0 atom stereocenters. The number of hydrogen-bond donors (Lipinski definition) is 0. The summed E-state index contributed by atoms with van der Waals surface area (Å²) in [5.41, 5.74) is 1.06. The summed E-state index contributed by atoms with van der Waals surface area (Å²) in [6.45, 7) is 0. The molecule has 0 fully saturated rings. The molecule has 13 heavy (non-hydrogen) atoms. The maximum atomic E-state index is 5.76. The van der Waals surface area contributed by atoms with Gasteiger partial charge in [0.25, 0.3) is 0 Å². The molecule has 1 aromatic carbocycles. The molecule has 0 aliphatic rings. The highest BCUT2D eigenvalue weighted by Gasteiger charge is 2.11. The fraction of sp³-hybridized carbons (Fsp3) is 0.333. The predicted molar refractivity (Wildman–Crippen MR) is 61.8 cm³/mol. The Morgan fingerprint density at radius 1 is 1.31 bits per heavy atom. The van der Waals surface area contributed by atoms with Gasteiger partial charge in [0.1, 0.15) is 0 Å². The van der Waals surface area contributed by atoms with E-state index in [0.717, 1.165) is 20.6 Å². The molecular formula is C9H10ClIO2. The Morgan fingerprint density at radius 2 is 2.00 bits per heavy atom. The summed E-state index contributed by atoms with van der Waals surface area (Å²) < 4.78 is 11.4. The summed E-state index contributed by atoms with van der Waals surface area (Å²) in [6, 6.07) is 3.80. The number of alkyl halides is 1. The van der Waals surface area contributed by atoms with E-state index in [4.69, 9.17) is 21.1 Å². The molecule has 1 rings (SSSR count). The summed E-state index contributed by atoms with van der Waals surface area (Å²) in [6.07, 6.45) is 0. The van der Waals surface area contributed by atoms with Gasteiger partial charge in [0, 0.05) is 5.88 Å². The van der Waals surface area contributed by atoms with E-state index in [2.05, 4.69) is 22.6 Å². The zero-order valence-electron chi connectivity index (χ0n) is 7.43. The lowest BCUT2D eigenvalue weighted by Crippen LogP contribution is -1.95. The second-order valence-corrected chi connectivity index (χ2v) is 3.75. The first-order valence-electron chi connectivity index (χ1n) is 3.70. The van der Waals surface area contributed by atoms with Crippen LogP contribution in [0.25, 0.3) is 0 Å². The van der Waals surface area contributed by atoms with Crippen LogP contribution in [0.1, 0.15) is 5.56 Å². The van der Waals surface area contributed by atoms with Gasteiger partial charge in [-0.2, -0.15) is 0 Å². The molecule has 0 spiro atoms. The molecule has 0 heterocycles. The van der Waals surface area contributed by atoms with Crippen molar-refractivity contribution in [1.29, 1.82) is 0 Å². The van der Waals surface area contributed by atoms with Crippen molar-refractivity contribution in [1.82, 2.24) is 0 Å². The monoisotopic (exact) mass is 312 g/mol. The molecule has 0 unspecified atom stereocenters. The van der Waals surface area contributed by atoms with E-state index in [-0.39, 0.29) is 0 Å². The van der Waals surface area contributed by atoms with Crippen molar-refractivity contribution >= 4 is 34.2 Å². The Hall–Kier alpha value is -0.160. The molecule has 0 aromatic heterocycles. The molecule has 1 aromatic rings. The number of benzene rings is 1. The first kappa shape index (κ1) is 10.9. The van der Waals surface area contributed by atoms with Crippen molar-refractivity contribution in [2.24, 2.45) is 0 Å². The normalized spacial score (nSPS) is 9.85. The Balaban J connectivity index is 3.23. The highest BCUT2D eigenvalue weighted by Crippen LogP contribution is 2.34. The fourth-order valence-electron chi connectivity index (χ4n) is 1.03. The van der Waals surface area contributed by atoms with Gasteiger partial charge in [-0.3, -0.25) is 0 Å². The molecule has 0 bridgehead atoms. The van der Waals surface area contributed by atoms with Crippen LogP contribution in [0.5, 0.6) is 11.5 Å². The number of ether oxygens (including phenoxy) is 2. The molecular weight excluding hydrogens is 302 g/mol. The molecule has 0 aliphatic carbocycles. The van der Waals surface area contributed by atoms with Gasteiger partial charge >= 0.3 is 0 Å². The molecule has 0 radical (unpaired) electrons. The van der Waals surface area contributed by atoms with Gasteiger partial charge in [-0.1, -0.05) is 6.07 Å². The maximum Gasteiger partial charge on any atom is 0.174 e. The van der Waals surface area contributed by atoms with Gasteiger partial charge < -0.3 is 9.47 Å². The minimum atomic E-state index is 0.485. The lowest BCUT2D eigenvalue weighted by atomic mass is 10.2. The fourth-order valence-corrected chi connectivity index (χ4v) is 2.34. The summed E-state index contributed by atoms with van der Waals surface area (Å²) in [7, 11) is 3.24. The first-order valence-corrected chi connectivity index (χ1v) is 5.31. The van der Waals surface area contributed by atoms with E-state index in [1.807, 2.05) is 12.1 Å². The summed E-state index contributed by atoms with van der Waals surface area (Å²) in [5.74, 6) is 1.97. The molecule has 2 nitrogen and oxygen atoms in total. The van der Waals surface area contributed by atoms with Gasteiger partial charge in [0.15, 0.2) is 11.5 Å². The van der Waals surface area contributed by atoms with Crippen LogP contribution < -0.4 is 9.47 Å². The highest BCUT2D eigenvalue weighted by molar-refractivity contribution is 14.1. The predicted octanol–water partition coefficient (Wildman–Crippen LogP) is 3.05. The maximum absolute atomic E-state index is 5.76. The van der Waals surface area contributed by atoms with Crippen molar-refractivity contribution in [2.45, 2.75) is 5.88 Å². The summed E-state index contributed by atoms with van der Waals surface area (Å²) >= 11 is 7.96. The lowest BCUT2D eigenvalue weighted by Gasteiger charge is -2.11. The van der Waals surface area contributed by atoms with E-state index >= 15 is 0 Å². The second kappa shape index (κ2) is 4.91. The number of halogens is 2. The van der Waals surface area contributed by atoms with E-state index < -0.39 is 0 Å². The van der Waals surface area contributed by atoms with Crippen molar-refractivity contribution < 1.29 is 9.47 Å². The van der Waals surface area contributed by atoms with Crippen molar-refractivity contribution in [3.05, 3.63) is 21.3 Å². The topological polar surface area (TPSA) is 18.5 Å². The third kappa shape index (κ3) is 2.20. The van der Waals surface area contributed by atoms with Crippen molar-refractivity contribution in [3.63, 3.8) is 0 Å². The van der Waals surface area contributed by atoms with Gasteiger partial charge in [0.05, 0.1) is 17.8 Å². The van der Waals surface area contributed by atoms with E-state index in [1.165, 1.54) is 0 Å². The first-order chi connectivity index (χ1) is 6.24. The quantitative estimate of drug-likeness (QED) is 0.631. The minimum absolute atomic E-state index is 0.485. The third-order valence-corrected chi connectivity index (χ3v) is 3.18. The highest BCUT2D eigenvalue weighted by atomic mass is 127. The second-order valence-electron chi connectivity index (χ2n) is 2.41. The molecule has 0 saturated carbocycles. The molecule has 72 valence electrons. The third-order valence-electron chi connectivity index (χ3n) is 1.71. The Kier molecular flexibility index (Phi) is 4.12. The van der Waals surface area contributed by atoms with Gasteiger partial charge in [-0.25, -0.2) is 0 Å². The van der Waals surface area contributed by atoms with Crippen LogP contribution in [0.15, 0.2) is 12.1 Å². The van der Waals surface area contributed by atoms with Crippen LogP contribution in [0.4, 0.5) is 0 Å². The van der Waals surface area contributed by atoms with E-state index in [9.17, 15) is 0 Å². The minimum Gasteiger partial charge on any atom is -0.493 e. The number of hydrogen-bond acceptors (Lipinski definition) is 2. The van der Waals surface area contributed by atoms with Crippen LogP contribution in [0, 0.1) is 3.57 Å². The van der Waals surface area contributed by atoms with Gasteiger partial charge in [0.2, 0.25) is 0 Å². The largest absolute Gasteiger partial charge is 0.493 e. The Labute approximate surface area is 96.3 Å². The smallest absolute Gasteiger partial charge is 0.174 e. The summed E-state index contributed by atoms with van der Waals surface area (Å²) in [5, 5.41) is 0. The van der Waals surface area contributed by atoms with Crippen molar-refractivity contribution in [3.8, 4) is 11.5 Å². The van der Waals surface area contributed by atoms with Gasteiger partial charge in [-0.15, -0.1) is 11.6 Å². The average Bonchev–Trinajstić information content (AvgIpc) is 2.17. The molecule has 0 N–H and O–H groups in total. The Morgan fingerprint density at radius 3 is 2.46 bits per heavy atom. The average molecular weight is 313 g/mol. The van der Waals surface area contributed by atoms with Crippen molar-refractivity contribution in [2.75, 3.05) is 14.2 Å². The standard InChI is InChI=1S/C9H10ClIO2/c1-12-7-4-3-6(5-10)8(11)9(7)13-2/h3-4H,5H2,1-2H3. The molecule has 0 saturated heterocycles. The van der Waals surface area contributed by atoms with E-state index in [1.54, 1.807) is 14.2 Å². The molecule has 4 heteroatoms. The van der Waals surface area contributed by atoms with Crippen LogP contribution in [0.3, 0.4) is 0 Å². The van der Waals surface area contributed by atoms with Crippen LogP contribution in [0.2, 0.25) is 0 Å². The SMILES string of the molecule is COc1ccc(CCl)c(I)c1OC. The zero-order valence-corrected chi connectivity index (χ0v) is 10.3. The lowest BCUT2D eigenvalue weighted by molar-refractivity contribution is 0.352. The zero-order chi connectivity index (χ0) is 9.84. The summed E-state index contributed by atoms with van der Waals surface area (Å²) in [4.78, 5) is 0. The van der Waals surface area contributed by atoms with Crippen LogP contribution in [-0.4, -0.2) is 14.2 Å². The van der Waals surface area contributed by atoms with E-state index in [0.29, 0.717) is 5.88 Å². The number of rotatable bonds is 3. The van der Waals surface area contributed by atoms with Crippen LogP contribution >= 0.6 is 34.2 Å².